The summed E-state index contributed by atoms with van der Waals surface area (Å²) in [4.78, 5) is 0. The predicted octanol–water partition coefficient (Wildman–Crippen LogP) is 2.79. The maximum Gasteiger partial charge on any atom is 0.138 e. The van der Waals surface area contributed by atoms with E-state index in [1.165, 1.54) is 12.1 Å². The summed E-state index contributed by atoms with van der Waals surface area (Å²) in [6.07, 6.45) is 0. The van der Waals surface area contributed by atoms with Crippen molar-refractivity contribution >= 4 is 0 Å². The maximum atomic E-state index is 13.1. The van der Waals surface area contributed by atoms with E-state index in [1.54, 1.807) is 13.0 Å². The normalized spacial score (nSPS) is 14.1. The zero-order valence-corrected chi connectivity index (χ0v) is 11.2. The summed E-state index contributed by atoms with van der Waals surface area (Å²) in [5, 5.41) is 12.3. The lowest BCUT2D eigenvalue weighted by Crippen LogP contribution is -2.49. The van der Waals surface area contributed by atoms with Crippen molar-refractivity contribution in [1.82, 2.24) is 5.32 Å². The second-order valence-corrected chi connectivity index (χ2v) is 4.94. The van der Waals surface area contributed by atoms with Crippen molar-refractivity contribution in [2.75, 3.05) is 6.61 Å². The molecule has 1 atom stereocenters. The largest absolute Gasteiger partial charge is 0.490 e. The van der Waals surface area contributed by atoms with E-state index in [2.05, 4.69) is 11.4 Å². The van der Waals surface area contributed by atoms with E-state index in [0.29, 0.717) is 5.75 Å². The molecule has 0 aliphatic carbocycles. The average Bonchev–Trinajstić information content (AvgIpc) is 2.29. The number of nitrogens with zero attached hydrogens (tertiary/aromatic N) is 1. The highest BCUT2D eigenvalue weighted by atomic mass is 19.1. The van der Waals surface area contributed by atoms with Crippen molar-refractivity contribution in [3.8, 4) is 11.8 Å². The van der Waals surface area contributed by atoms with Crippen LogP contribution >= 0.6 is 0 Å². The molecule has 0 saturated carbocycles. The van der Waals surface area contributed by atoms with Crippen LogP contribution in [0.1, 0.15) is 26.3 Å². The molecule has 0 saturated heterocycles. The van der Waals surface area contributed by atoms with Crippen LogP contribution in [0, 0.1) is 24.1 Å². The molecule has 1 aromatic rings. The van der Waals surface area contributed by atoms with Crippen LogP contribution in [0.5, 0.6) is 5.75 Å². The van der Waals surface area contributed by atoms with E-state index < -0.39 is 5.54 Å². The highest BCUT2D eigenvalue weighted by molar-refractivity contribution is 5.33. The lowest BCUT2D eigenvalue weighted by atomic mass is 10.1. The van der Waals surface area contributed by atoms with E-state index in [0.717, 1.165) is 5.56 Å². The number of nitriles is 1. The molecule has 1 aromatic carbocycles. The summed E-state index contributed by atoms with van der Waals surface area (Å²) >= 11 is 0. The number of aryl methyl sites for hydroxylation is 1. The zero-order valence-electron chi connectivity index (χ0n) is 11.2. The van der Waals surface area contributed by atoms with Gasteiger partial charge in [0.1, 0.15) is 23.7 Å². The Hall–Kier alpha value is -1.60. The van der Waals surface area contributed by atoms with Gasteiger partial charge in [0.2, 0.25) is 0 Å². The van der Waals surface area contributed by atoms with Crippen LogP contribution in [0.2, 0.25) is 0 Å². The molecule has 0 aromatic heterocycles. The van der Waals surface area contributed by atoms with Crippen molar-refractivity contribution in [1.29, 1.82) is 5.26 Å². The molecule has 0 heterocycles. The molecule has 0 aliphatic rings. The number of benzene rings is 1. The van der Waals surface area contributed by atoms with Gasteiger partial charge in [-0.25, -0.2) is 4.39 Å². The number of hydrogen-bond acceptors (Lipinski definition) is 3. The fourth-order valence-electron chi connectivity index (χ4n) is 1.69. The quantitative estimate of drug-likeness (QED) is 0.874. The Morgan fingerprint density at radius 1 is 1.50 bits per heavy atom. The first-order chi connectivity index (χ1) is 8.36. The van der Waals surface area contributed by atoms with Crippen molar-refractivity contribution in [3.63, 3.8) is 0 Å². The standard InChI is InChI=1S/C14H19FN2O/c1-10(2)17-14(4,8-16)9-18-13-7-12(15)6-5-11(13)3/h5-7,10,17H,9H2,1-4H3. The number of ether oxygens (including phenoxy) is 1. The Bertz CT molecular complexity index is 454. The molecule has 0 aliphatic heterocycles. The summed E-state index contributed by atoms with van der Waals surface area (Å²) < 4.78 is 18.6. The van der Waals surface area contributed by atoms with Crippen LogP contribution in [-0.2, 0) is 0 Å². The third-order valence-electron chi connectivity index (χ3n) is 2.52. The number of rotatable bonds is 5. The van der Waals surface area contributed by atoms with Crippen LogP contribution in [-0.4, -0.2) is 18.2 Å². The number of nitrogens with one attached hydrogen (secondary N) is 1. The molecule has 3 nitrogen and oxygen atoms in total. The van der Waals surface area contributed by atoms with E-state index in [-0.39, 0.29) is 18.5 Å². The van der Waals surface area contributed by atoms with Gasteiger partial charge in [-0.2, -0.15) is 5.26 Å². The smallest absolute Gasteiger partial charge is 0.138 e. The zero-order chi connectivity index (χ0) is 13.8. The molecule has 0 amide bonds. The molecule has 0 bridgehead atoms. The Labute approximate surface area is 108 Å². The van der Waals surface area contributed by atoms with Gasteiger partial charge in [0.15, 0.2) is 0 Å². The molecular formula is C14H19FN2O. The van der Waals surface area contributed by atoms with Gasteiger partial charge in [-0.05, 0) is 39.3 Å². The third-order valence-corrected chi connectivity index (χ3v) is 2.52. The second kappa shape index (κ2) is 5.83. The Kier molecular flexibility index (Phi) is 4.69. The summed E-state index contributed by atoms with van der Waals surface area (Å²) in [5.41, 5.74) is 0.0636. The van der Waals surface area contributed by atoms with Crippen LogP contribution in [0.4, 0.5) is 4.39 Å². The summed E-state index contributed by atoms with van der Waals surface area (Å²) in [6.45, 7) is 7.70. The lowest BCUT2D eigenvalue weighted by Gasteiger charge is -2.26. The fraction of sp³-hybridized carbons (Fsp3) is 0.500. The molecule has 18 heavy (non-hydrogen) atoms. The Balaban J connectivity index is 2.74. The molecule has 0 radical (unpaired) electrons. The highest BCUT2D eigenvalue weighted by Gasteiger charge is 2.25. The SMILES string of the molecule is Cc1ccc(F)cc1OCC(C)(C#N)NC(C)C. The molecular weight excluding hydrogens is 231 g/mol. The average molecular weight is 250 g/mol. The van der Waals surface area contributed by atoms with Gasteiger partial charge in [-0.15, -0.1) is 0 Å². The van der Waals surface area contributed by atoms with Crippen molar-refractivity contribution < 1.29 is 9.13 Å². The number of hydrogen-bond donors (Lipinski definition) is 1. The monoisotopic (exact) mass is 250 g/mol. The minimum Gasteiger partial charge on any atom is -0.490 e. The summed E-state index contributed by atoms with van der Waals surface area (Å²) in [6, 6.07) is 6.74. The van der Waals surface area contributed by atoms with Crippen molar-refractivity contribution in [2.24, 2.45) is 0 Å². The molecule has 98 valence electrons. The first kappa shape index (κ1) is 14.5. The van der Waals surface area contributed by atoms with Gasteiger partial charge in [-0.3, -0.25) is 5.32 Å². The van der Waals surface area contributed by atoms with Crippen molar-refractivity contribution in [2.45, 2.75) is 39.3 Å². The summed E-state index contributed by atoms with van der Waals surface area (Å²) in [5.74, 6) is 0.133. The molecule has 1 rings (SSSR count). The fourth-order valence-corrected chi connectivity index (χ4v) is 1.69. The van der Waals surface area contributed by atoms with Crippen LogP contribution in [0.3, 0.4) is 0 Å². The first-order valence-electron chi connectivity index (χ1n) is 5.94. The summed E-state index contributed by atoms with van der Waals surface area (Å²) in [7, 11) is 0. The first-order valence-corrected chi connectivity index (χ1v) is 5.94. The van der Waals surface area contributed by atoms with E-state index in [1.807, 2.05) is 20.8 Å². The molecule has 4 heteroatoms. The van der Waals surface area contributed by atoms with Gasteiger partial charge in [0.25, 0.3) is 0 Å². The number of halogens is 1. The Morgan fingerprint density at radius 3 is 2.72 bits per heavy atom. The molecule has 0 spiro atoms. The maximum absolute atomic E-state index is 13.1. The Morgan fingerprint density at radius 2 is 2.17 bits per heavy atom. The van der Waals surface area contributed by atoms with Crippen LogP contribution < -0.4 is 10.1 Å². The van der Waals surface area contributed by atoms with Gasteiger partial charge < -0.3 is 4.74 Å². The van der Waals surface area contributed by atoms with E-state index in [4.69, 9.17) is 10.00 Å². The second-order valence-electron chi connectivity index (χ2n) is 4.94. The van der Waals surface area contributed by atoms with Crippen LogP contribution in [0.15, 0.2) is 18.2 Å². The van der Waals surface area contributed by atoms with Gasteiger partial charge in [0.05, 0.1) is 6.07 Å². The predicted molar refractivity (Wildman–Crippen MR) is 68.9 cm³/mol. The van der Waals surface area contributed by atoms with Gasteiger partial charge >= 0.3 is 0 Å². The minimum absolute atomic E-state index is 0.173. The minimum atomic E-state index is -0.785. The van der Waals surface area contributed by atoms with Gasteiger partial charge in [0, 0.05) is 12.1 Å². The van der Waals surface area contributed by atoms with Gasteiger partial charge in [-0.1, -0.05) is 6.07 Å². The lowest BCUT2D eigenvalue weighted by molar-refractivity contribution is 0.223. The highest BCUT2D eigenvalue weighted by Crippen LogP contribution is 2.20. The topological polar surface area (TPSA) is 45.0 Å². The van der Waals surface area contributed by atoms with E-state index in [9.17, 15) is 4.39 Å². The molecule has 1 unspecified atom stereocenters. The van der Waals surface area contributed by atoms with E-state index >= 15 is 0 Å². The molecule has 0 fully saturated rings. The third kappa shape index (κ3) is 4.01. The molecule has 1 N–H and O–H groups in total. The van der Waals surface area contributed by atoms with Crippen molar-refractivity contribution in [3.05, 3.63) is 29.6 Å². The van der Waals surface area contributed by atoms with Crippen LogP contribution in [0.25, 0.3) is 0 Å².